The first-order valence-electron chi connectivity index (χ1n) is 7.26. The third kappa shape index (κ3) is 1.84. The summed E-state index contributed by atoms with van der Waals surface area (Å²) >= 11 is 0. The molecule has 0 saturated heterocycles. The molecule has 2 aromatic rings. The Kier molecular flexibility index (Phi) is 2.82. The van der Waals surface area contributed by atoms with Gasteiger partial charge in [-0.2, -0.15) is 0 Å². The monoisotopic (exact) mass is 290 g/mol. The van der Waals surface area contributed by atoms with Crippen molar-refractivity contribution in [2.24, 2.45) is 4.99 Å². The van der Waals surface area contributed by atoms with Gasteiger partial charge >= 0.3 is 0 Å². The normalized spacial score (nSPS) is 16.5. The summed E-state index contributed by atoms with van der Waals surface area (Å²) in [4.78, 5) is 19.5. The largest absolute Gasteiger partial charge is 0.494 e. The molecule has 1 amide bonds. The third-order valence-corrected chi connectivity index (χ3v) is 3.98. The fourth-order valence-electron chi connectivity index (χ4n) is 2.96. The Labute approximate surface area is 127 Å². The summed E-state index contributed by atoms with van der Waals surface area (Å²) in [5.74, 6) is -0.307. The van der Waals surface area contributed by atoms with Gasteiger partial charge in [0.15, 0.2) is 5.88 Å². The molecule has 4 nitrogen and oxygen atoms in total. The average Bonchev–Trinajstić information content (AvgIpc) is 3.09. The molecule has 0 spiro atoms. The Morgan fingerprint density at radius 3 is 2.64 bits per heavy atom. The lowest BCUT2D eigenvalue weighted by molar-refractivity contribution is 0.101. The van der Waals surface area contributed by atoms with Crippen LogP contribution >= 0.6 is 0 Å². The summed E-state index contributed by atoms with van der Waals surface area (Å²) in [6, 6.07) is 9.50. The van der Waals surface area contributed by atoms with E-state index in [0.29, 0.717) is 22.5 Å². The third-order valence-electron chi connectivity index (χ3n) is 3.98. The molecule has 22 heavy (non-hydrogen) atoms. The number of allylic oxidation sites excluding steroid dienone is 4. The van der Waals surface area contributed by atoms with E-state index < -0.39 is 0 Å². The number of benzene rings is 1. The fourth-order valence-corrected chi connectivity index (χ4v) is 2.96. The molecule has 0 fully saturated rings. The van der Waals surface area contributed by atoms with Gasteiger partial charge in [-0.05, 0) is 24.0 Å². The minimum absolute atomic E-state index is 0.00155. The fraction of sp³-hybridized carbons (Fsp3) is 0.111. The van der Waals surface area contributed by atoms with E-state index in [9.17, 15) is 9.90 Å². The Balaban J connectivity index is 1.88. The minimum atomic E-state index is -0.305. The maximum Gasteiger partial charge on any atom is 0.280 e. The minimum Gasteiger partial charge on any atom is -0.494 e. The number of rotatable bonds is 2. The number of fused-ring (bicyclic) bond motifs is 1. The predicted molar refractivity (Wildman–Crippen MR) is 85.2 cm³/mol. The zero-order valence-electron chi connectivity index (χ0n) is 11.8. The number of aliphatic imine (C=N–C) groups is 1. The van der Waals surface area contributed by atoms with Gasteiger partial charge in [0.1, 0.15) is 0 Å². The highest BCUT2D eigenvalue weighted by molar-refractivity contribution is 6.31. The maximum atomic E-state index is 12.4. The van der Waals surface area contributed by atoms with Crippen LogP contribution in [-0.2, 0) is 0 Å². The van der Waals surface area contributed by atoms with E-state index >= 15 is 0 Å². The molecule has 2 heterocycles. The second kappa shape index (κ2) is 4.84. The average molecular weight is 290 g/mol. The van der Waals surface area contributed by atoms with Crippen molar-refractivity contribution in [1.29, 1.82) is 0 Å². The number of carbonyl (C=O) groups is 1. The molecule has 4 rings (SSSR count). The van der Waals surface area contributed by atoms with E-state index in [1.807, 2.05) is 36.4 Å². The summed E-state index contributed by atoms with van der Waals surface area (Å²) in [6.45, 7) is 0. The smallest absolute Gasteiger partial charge is 0.280 e. The predicted octanol–water partition coefficient (Wildman–Crippen LogP) is 3.61. The SMILES string of the molecule is O=C1N=C(C2=CCCC=C2)c2c(O)[nH]c(-c3ccccc3)c21. The molecule has 1 aromatic carbocycles. The molecular weight excluding hydrogens is 276 g/mol. The summed E-state index contributed by atoms with van der Waals surface area (Å²) in [7, 11) is 0. The van der Waals surface area contributed by atoms with Gasteiger partial charge < -0.3 is 10.1 Å². The molecule has 0 atom stereocenters. The zero-order chi connectivity index (χ0) is 15.1. The van der Waals surface area contributed by atoms with Crippen LogP contribution in [-0.4, -0.2) is 21.7 Å². The molecule has 2 N–H and O–H groups in total. The van der Waals surface area contributed by atoms with E-state index in [1.165, 1.54) is 0 Å². The Morgan fingerprint density at radius 2 is 1.91 bits per heavy atom. The standard InChI is InChI=1S/C18H14N2O2/c21-17-13-14(16(20-17)12-9-5-2-6-10-12)18(22)19-15(13)11-7-3-1-4-8-11/h1,3-5,7-10,19,22H,2,6H2. The molecular formula is C18H14N2O2. The van der Waals surface area contributed by atoms with Crippen LogP contribution in [0.25, 0.3) is 11.3 Å². The van der Waals surface area contributed by atoms with Gasteiger partial charge in [-0.1, -0.05) is 48.6 Å². The first-order chi connectivity index (χ1) is 10.8. The molecule has 1 aliphatic carbocycles. The van der Waals surface area contributed by atoms with Crippen molar-refractivity contribution in [3.05, 3.63) is 65.3 Å². The second-order valence-electron chi connectivity index (χ2n) is 5.37. The molecule has 1 aromatic heterocycles. The van der Waals surface area contributed by atoms with Gasteiger partial charge in [-0.25, -0.2) is 4.99 Å². The molecule has 2 aliphatic rings. The van der Waals surface area contributed by atoms with Gasteiger partial charge in [0.2, 0.25) is 0 Å². The van der Waals surface area contributed by atoms with Crippen LogP contribution in [0, 0.1) is 0 Å². The highest BCUT2D eigenvalue weighted by Crippen LogP contribution is 2.38. The first kappa shape index (κ1) is 12.8. The number of hydrogen-bond acceptors (Lipinski definition) is 2. The summed E-state index contributed by atoms with van der Waals surface area (Å²) < 4.78 is 0. The lowest BCUT2D eigenvalue weighted by Crippen LogP contribution is -2.02. The second-order valence-corrected chi connectivity index (χ2v) is 5.37. The molecule has 108 valence electrons. The van der Waals surface area contributed by atoms with E-state index in [1.54, 1.807) is 0 Å². The number of nitrogens with one attached hydrogen (secondary N) is 1. The Hall–Kier alpha value is -2.88. The lowest BCUT2D eigenvalue weighted by atomic mass is 9.97. The molecule has 0 bridgehead atoms. The van der Waals surface area contributed by atoms with Crippen molar-refractivity contribution in [3.63, 3.8) is 0 Å². The number of aromatic nitrogens is 1. The van der Waals surface area contributed by atoms with Crippen LogP contribution in [0.3, 0.4) is 0 Å². The van der Waals surface area contributed by atoms with Crippen LogP contribution in [0.2, 0.25) is 0 Å². The van der Waals surface area contributed by atoms with Crippen LogP contribution in [0.5, 0.6) is 5.88 Å². The van der Waals surface area contributed by atoms with Gasteiger partial charge in [-0.3, -0.25) is 4.79 Å². The molecule has 0 unspecified atom stereocenters. The van der Waals surface area contributed by atoms with Gasteiger partial charge in [0, 0.05) is 0 Å². The summed E-state index contributed by atoms with van der Waals surface area (Å²) in [5, 5.41) is 10.3. The molecule has 4 heteroatoms. The number of amides is 1. The van der Waals surface area contributed by atoms with Gasteiger partial charge in [0.05, 0.1) is 22.5 Å². The van der Waals surface area contributed by atoms with E-state index in [0.717, 1.165) is 24.0 Å². The number of aromatic hydroxyl groups is 1. The van der Waals surface area contributed by atoms with Crippen molar-refractivity contribution in [1.82, 2.24) is 4.98 Å². The molecule has 0 saturated carbocycles. The zero-order valence-corrected chi connectivity index (χ0v) is 11.8. The van der Waals surface area contributed by atoms with Crippen molar-refractivity contribution in [2.45, 2.75) is 12.8 Å². The number of hydrogen-bond donors (Lipinski definition) is 2. The van der Waals surface area contributed by atoms with Crippen LogP contribution < -0.4 is 0 Å². The number of carbonyl (C=O) groups excluding carboxylic acids is 1. The molecule has 1 aliphatic heterocycles. The van der Waals surface area contributed by atoms with Crippen LogP contribution in [0.1, 0.15) is 28.8 Å². The van der Waals surface area contributed by atoms with Crippen molar-refractivity contribution in [3.8, 4) is 17.1 Å². The number of H-pyrrole nitrogens is 1. The van der Waals surface area contributed by atoms with Crippen LogP contribution in [0.4, 0.5) is 0 Å². The van der Waals surface area contributed by atoms with E-state index in [4.69, 9.17) is 0 Å². The highest BCUT2D eigenvalue weighted by atomic mass is 16.3. The van der Waals surface area contributed by atoms with Crippen molar-refractivity contribution >= 4 is 11.6 Å². The number of nitrogens with zero attached hydrogens (tertiary/aromatic N) is 1. The highest BCUT2D eigenvalue weighted by Gasteiger charge is 2.33. The Bertz CT molecular complexity index is 855. The van der Waals surface area contributed by atoms with Gasteiger partial charge in [0.25, 0.3) is 5.91 Å². The van der Waals surface area contributed by atoms with Crippen molar-refractivity contribution in [2.75, 3.05) is 0 Å². The van der Waals surface area contributed by atoms with Crippen molar-refractivity contribution < 1.29 is 9.90 Å². The van der Waals surface area contributed by atoms with Gasteiger partial charge in [-0.15, -0.1) is 0 Å². The molecule has 0 radical (unpaired) electrons. The number of aromatic amines is 1. The summed E-state index contributed by atoms with van der Waals surface area (Å²) in [6.07, 6.45) is 7.98. The summed E-state index contributed by atoms with van der Waals surface area (Å²) in [5.41, 5.74) is 3.91. The van der Waals surface area contributed by atoms with Crippen LogP contribution in [0.15, 0.2) is 59.1 Å². The first-order valence-corrected chi connectivity index (χ1v) is 7.26. The Morgan fingerprint density at radius 1 is 1.09 bits per heavy atom. The topological polar surface area (TPSA) is 65.4 Å². The quantitative estimate of drug-likeness (QED) is 0.887. The van der Waals surface area contributed by atoms with E-state index in [-0.39, 0.29) is 11.8 Å². The van der Waals surface area contributed by atoms with E-state index in [2.05, 4.69) is 22.1 Å². The maximum absolute atomic E-state index is 12.4. The lowest BCUT2D eigenvalue weighted by Gasteiger charge is -2.06.